The molecule has 0 aromatic carbocycles. The molecule has 1 unspecified atom stereocenters. The van der Waals surface area contributed by atoms with E-state index in [0.717, 1.165) is 6.54 Å². The summed E-state index contributed by atoms with van der Waals surface area (Å²) >= 11 is 1.91. The topological polar surface area (TPSA) is 12.0 Å². The molecule has 1 heterocycles. The van der Waals surface area contributed by atoms with Gasteiger partial charge in [0.25, 0.3) is 0 Å². The SMILES string of the molecule is CCCNC(Cc1cccs1)C1(C)CCCCC1. The van der Waals surface area contributed by atoms with Crippen LogP contribution in [0.5, 0.6) is 0 Å². The molecule has 1 aliphatic rings. The average molecular weight is 265 g/mol. The Morgan fingerprint density at radius 1 is 1.33 bits per heavy atom. The molecule has 1 aromatic rings. The van der Waals surface area contributed by atoms with Gasteiger partial charge in [0.2, 0.25) is 0 Å². The molecular formula is C16H27NS. The summed E-state index contributed by atoms with van der Waals surface area (Å²) in [7, 11) is 0. The van der Waals surface area contributed by atoms with E-state index in [0.29, 0.717) is 11.5 Å². The largest absolute Gasteiger partial charge is 0.313 e. The van der Waals surface area contributed by atoms with E-state index in [4.69, 9.17) is 0 Å². The quantitative estimate of drug-likeness (QED) is 0.791. The van der Waals surface area contributed by atoms with Crippen LogP contribution in [0.4, 0.5) is 0 Å². The Bertz CT molecular complexity index is 325. The molecule has 1 aliphatic carbocycles. The molecule has 2 rings (SSSR count). The van der Waals surface area contributed by atoms with E-state index in [1.165, 1.54) is 49.8 Å². The minimum Gasteiger partial charge on any atom is -0.313 e. The van der Waals surface area contributed by atoms with Crippen LogP contribution in [0.25, 0.3) is 0 Å². The molecule has 0 amide bonds. The summed E-state index contributed by atoms with van der Waals surface area (Å²) in [5.41, 5.74) is 0.511. The lowest BCUT2D eigenvalue weighted by Gasteiger charge is -2.41. The van der Waals surface area contributed by atoms with Crippen molar-refractivity contribution < 1.29 is 0 Å². The van der Waals surface area contributed by atoms with E-state index >= 15 is 0 Å². The molecule has 1 fully saturated rings. The van der Waals surface area contributed by atoms with Crippen LogP contribution in [0.1, 0.15) is 57.2 Å². The fourth-order valence-corrected chi connectivity index (χ4v) is 3.97. The normalized spacial score (nSPS) is 20.8. The second kappa shape index (κ2) is 6.72. The molecule has 0 aliphatic heterocycles. The standard InChI is InChI=1S/C16H27NS/c1-3-11-17-15(13-14-8-7-12-18-14)16(2)9-5-4-6-10-16/h7-8,12,15,17H,3-6,9-11,13H2,1-2H3. The van der Waals surface area contributed by atoms with Gasteiger partial charge in [-0.25, -0.2) is 0 Å². The highest BCUT2D eigenvalue weighted by Crippen LogP contribution is 2.40. The molecule has 1 N–H and O–H groups in total. The van der Waals surface area contributed by atoms with Crippen molar-refractivity contribution in [2.75, 3.05) is 6.54 Å². The minimum atomic E-state index is 0.511. The predicted octanol–water partition coefficient (Wildman–Crippen LogP) is 4.63. The van der Waals surface area contributed by atoms with E-state index in [2.05, 4.69) is 36.7 Å². The van der Waals surface area contributed by atoms with Crippen LogP contribution in [0.15, 0.2) is 17.5 Å². The first-order chi connectivity index (χ1) is 8.74. The zero-order valence-electron chi connectivity index (χ0n) is 11.9. The fraction of sp³-hybridized carbons (Fsp3) is 0.750. The summed E-state index contributed by atoms with van der Waals surface area (Å²) in [6, 6.07) is 5.13. The maximum Gasteiger partial charge on any atom is 0.0169 e. The molecule has 1 saturated carbocycles. The first kappa shape index (κ1) is 14.1. The molecule has 18 heavy (non-hydrogen) atoms. The lowest BCUT2D eigenvalue weighted by Crippen LogP contribution is -2.46. The van der Waals surface area contributed by atoms with Crippen LogP contribution in [0.2, 0.25) is 0 Å². The zero-order chi connectivity index (χ0) is 12.8. The maximum absolute atomic E-state index is 3.82. The minimum absolute atomic E-state index is 0.511. The van der Waals surface area contributed by atoms with E-state index in [1.807, 2.05) is 11.3 Å². The van der Waals surface area contributed by atoms with E-state index in [9.17, 15) is 0 Å². The van der Waals surface area contributed by atoms with Crippen molar-refractivity contribution in [1.29, 1.82) is 0 Å². The van der Waals surface area contributed by atoms with Gasteiger partial charge in [-0.3, -0.25) is 0 Å². The fourth-order valence-electron chi connectivity index (χ4n) is 3.22. The van der Waals surface area contributed by atoms with Crippen LogP contribution >= 0.6 is 11.3 Å². The molecule has 1 nitrogen and oxygen atoms in total. The van der Waals surface area contributed by atoms with Gasteiger partial charge in [-0.05, 0) is 49.1 Å². The highest BCUT2D eigenvalue weighted by atomic mass is 32.1. The van der Waals surface area contributed by atoms with Crippen molar-refractivity contribution in [3.8, 4) is 0 Å². The van der Waals surface area contributed by atoms with Crippen LogP contribution in [-0.4, -0.2) is 12.6 Å². The lowest BCUT2D eigenvalue weighted by atomic mass is 9.69. The van der Waals surface area contributed by atoms with Crippen molar-refractivity contribution in [3.63, 3.8) is 0 Å². The van der Waals surface area contributed by atoms with E-state index in [1.54, 1.807) is 0 Å². The van der Waals surface area contributed by atoms with Crippen molar-refractivity contribution in [2.45, 2.75) is 64.8 Å². The molecule has 0 saturated heterocycles. The van der Waals surface area contributed by atoms with Gasteiger partial charge in [0.1, 0.15) is 0 Å². The Morgan fingerprint density at radius 2 is 2.11 bits per heavy atom. The summed E-state index contributed by atoms with van der Waals surface area (Å²) in [6.07, 6.45) is 9.54. The first-order valence-corrected chi connectivity index (χ1v) is 8.38. The molecule has 2 heteroatoms. The van der Waals surface area contributed by atoms with Gasteiger partial charge in [-0.2, -0.15) is 0 Å². The Labute approximate surface area is 116 Å². The van der Waals surface area contributed by atoms with Gasteiger partial charge >= 0.3 is 0 Å². The van der Waals surface area contributed by atoms with Crippen molar-refractivity contribution in [1.82, 2.24) is 5.32 Å². The third kappa shape index (κ3) is 3.58. The predicted molar refractivity (Wildman–Crippen MR) is 81.3 cm³/mol. The van der Waals surface area contributed by atoms with Crippen molar-refractivity contribution in [3.05, 3.63) is 22.4 Å². The lowest BCUT2D eigenvalue weighted by molar-refractivity contribution is 0.144. The smallest absolute Gasteiger partial charge is 0.0169 e. The van der Waals surface area contributed by atoms with Gasteiger partial charge in [0, 0.05) is 10.9 Å². The second-order valence-electron chi connectivity index (χ2n) is 6.00. The number of hydrogen-bond donors (Lipinski definition) is 1. The Kier molecular flexibility index (Phi) is 5.25. The van der Waals surface area contributed by atoms with Crippen molar-refractivity contribution >= 4 is 11.3 Å². The summed E-state index contributed by atoms with van der Waals surface area (Å²) in [5.74, 6) is 0. The zero-order valence-corrected chi connectivity index (χ0v) is 12.7. The number of thiophene rings is 1. The summed E-state index contributed by atoms with van der Waals surface area (Å²) < 4.78 is 0. The Balaban J connectivity index is 2.03. The van der Waals surface area contributed by atoms with Crippen LogP contribution in [0.3, 0.4) is 0 Å². The number of rotatable bonds is 6. The molecule has 0 spiro atoms. The number of nitrogens with one attached hydrogen (secondary N) is 1. The number of hydrogen-bond acceptors (Lipinski definition) is 2. The van der Waals surface area contributed by atoms with Crippen LogP contribution in [-0.2, 0) is 6.42 Å². The van der Waals surface area contributed by atoms with Gasteiger partial charge in [0.15, 0.2) is 0 Å². The third-order valence-corrected chi connectivity index (χ3v) is 5.36. The highest BCUT2D eigenvalue weighted by Gasteiger charge is 2.35. The maximum atomic E-state index is 3.82. The average Bonchev–Trinajstić information content (AvgIpc) is 2.88. The Morgan fingerprint density at radius 3 is 2.72 bits per heavy atom. The molecule has 1 aromatic heterocycles. The first-order valence-electron chi connectivity index (χ1n) is 7.50. The molecule has 0 radical (unpaired) electrons. The molecular weight excluding hydrogens is 238 g/mol. The highest BCUT2D eigenvalue weighted by molar-refractivity contribution is 7.09. The van der Waals surface area contributed by atoms with Crippen molar-refractivity contribution in [2.24, 2.45) is 5.41 Å². The van der Waals surface area contributed by atoms with Gasteiger partial charge in [0.05, 0.1) is 0 Å². The second-order valence-corrected chi connectivity index (χ2v) is 7.04. The molecule has 1 atom stereocenters. The Hall–Kier alpha value is -0.340. The monoisotopic (exact) mass is 265 g/mol. The molecule has 0 bridgehead atoms. The van der Waals surface area contributed by atoms with E-state index < -0.39 is 0 Å². The summed E-state index contributed by atoms with van der Waals surface area (Å²) in [6.45, 7) is 5.93. The van der Waals surface area contributed by atoms with Crippen LogP contribution in [0, 0.1) is 5.41 Å². The molecule has 102 valence electrons. The van der Waals surface area contributed by atoms with Crippen LogP contribution < -0.4 is 5.32 Å². The van der Waals surface area contributed by atoms with Gasteiger partial charge in [-0.15, -0.1) is 11.3 Å². The summed E-state index contributed by atoms with van der Waals surface area (Å²) in [4.78, 5) is 1.54. The van der Waals surface area contributed by atoms with Gasteiger partial charge in [-0.1, -0.05) is 39.2 Å². The van der Waals surface area contributed by atoms with Gasteiger partial charge < -0.3 is 5.32 Å². The summed E-state index contributed by atoms with van der Waals surface area (Å²) in [5, 5.41) is 6.03. The van der Waals surface area contributed by atoms with E-state index in [-0.39, 0.29) is 0 Å². The third-order valence-electron chi connectivity index (χ3n) is 4.46.